The molecule has 17 heavy (non-hydrogen) atoms. The molecule has 1 unspecified atom stereocenters. The average Bonchev–Trinajstić information content (AvgIpc) is 2.29. The first kappa shape index (κ1) is 11.7. The third kappa shape index (κ3) is 2.68. The van der Waals surface area contributed by atoms with Crippen molar-refractivity contribution >= 4 is 0 Å². The Morgan fingerprint density at radius 3 is 2.29 bits per heavy atom. The van der Waals surface area contributed by atoms with Crippen molar-refractivity contribution in [1.29, 1.82) is 0 Å². The van der Waals surface area contributed by atoms with Crippen molar-refractivity contribution in [2.75, 3.05) is 0 Å². The molecule has 88 valence electrons. The van der Waals surface area contributed by atoms with E-state index in [1.54, 1.807) is 0 Å². The molecule has 0 aliphatic rings. The Hall–Kier alpha value is -1.74. The molecule has 0 spiro atoms. The number of benzene rings is 1. The normalized spacial score (nSPS) is 12.5. The molecule has 0 bridgehead atoms. The number of hydrogen-bond acceptors (Lipinski definition) is 3. The van der Waals surface area contributed by atoms with Gasteiger partial charge in [-0.05, 0) is 26.8 Å². The molecule has 2 N–H and O–H groups in total. The van der Waals surface area contributed by atoms with E-state index >= 15 is 0 Å². The van der Waals surface area contributed by atoms with Crippen molar-refractivity contribution in [3.05, 3.63) is 47.4 Å². The SMILES string of the molecule is Cc1ccc(-c2cc(C(C)N)nc(C)n2)cc1. The summed E-state index contributed by atoms with van der Waals surface area (Å²) in [6, 6.07) is 10.2. The Balaban J connectivity index is 2.48. The van der Waals surface area contributed by atoms with Crippen LogP contribution in [0.1, 0.15) is 30.0 Å². The zero-order valence-corrected chi connectivity index (χ0v) is 10.4. The zero-order chi connectivity index (χ0) is 12.4. The lowest BCUT2D eigenvalue weighted by molar-refractivity contribution is 0.766. The summed E-state index contributed by atoms with van der Waals surface area (Å²) in [5.41, 5.74) is 10.0. The molecule has 2 aromatic rings. The number of rotatable bonds is 2. The van der Waals surface area contributed by atoms with E-state index in [1.165, 1.54) is 5.56 Å². The van der Waals surface area contributed by atoms with Gasteiger partial charge in [-0.2, -0.15) is 0 Å². The molecule has 3 heteroatoms. The molecule has 0 fully saturated rings. The Morgan fingerprint density at radius 1 is 1.06 bits per heavy atom. The predicted molar refractivity (Wildman–Crippen MR) is 69.5 cm³/mol. The van der Waals surface area contributed by atoms with Gasteiger partial charge in [-0.25, -0.2) is 9.97 Å². The van der Waals surface area contributed by atoms with Gasteiger partial charge in [-0.15, -0.1) is 0 Å². The highest BCUT2D eigenvalue weighted by Gasteiger charge is 2.07. The number of nitrogens with two attached hydrogens (primary N) is 1. The third-order valence-electron chi connectivity index (χ3n) is 2.67. The third-order valence-corrected chi connectivity index (χ3v) is 2.67. The number of hydrogen-bond donors (Lipinski definition) is 1. The molecule has 0 saturated carbocycles. The number of aryl methyl sites for hydroxylation is 2. The second-order valence-electron chi connectivity index (χ2n) is 4.38. The second-order valence-corrected chi connectivity index (χ2v) is 4.38. The minimum Gasteiger partial charge on any atom is -0.323 e. The zero-order valence-electron chi connectivity index (χ0n) is 10.4. The van der Waals surface area contributed by atoms with Gasteiger partial charge in [0.25, 0.3) is 0 Å². The Labute approximate surface area is 102 Å². The molecule has 0 radical (unpaired) electrons. The van der Waals surface area contributed by atoms with E-state index in [0.717, 1.165) is 22.8 Å². The van der Waals surface area contributed by atoms with Crippen LogP contribution in [0, 0.1) is 13.8 Å². The summed E-state index contributed by atoms with van der Waals surface area (Å²) >= 11 is 0. The largest absolute Gasteiger partial charge is 0.323 e. The molecule has 0 aliphatic heterocycles. The summed E-state index contributed by atoms with van der Waals surface area (Å²) in [5.74, 6) is 0.760. The van der Waals surface area contributed by atoms with Gasteiger partial charge < -0.3 is 5.73 Å². The van der Waals surface area contributed by atoms with E-state index in [4.69, 9.17) is 5.73 Å². The quantitative estimate of drug-likeness (QED) is 0.858. The number of aromatic nitrogens is 2. The first-order valence-corrected chi connectivity index (χ1v) is 5.74. The highest BCUT2D eigenvalue weighted by atomic mass is 14.9. The lowest BCUT2D eigenvalue weighted by Gasteiger charge is -2.08. The maximum atomic E-state index is 5.86. The topological polar surface area (TPSA) is 51.8 Å². The van der Waals surface area contributed by atoms with Crippen LogP contribution in [0.2, 0.25) is 0 Å². The van der Waals surface area contributed by atoms with Crippen molar-refractivity contribution < 1.29 is 0 Å². The molecule has 2 rings (SSSR count). The summed E-state index contributed by atoms with van der Waals surface area (Å²) in [4.78, 5) is 8.79. The Bertz CT molecular complexity index is 515. The van der Waals surface area contributed by atoms with E-state index in [9.17, 15) is 0 Å². The van der Waals surface area contributed by atoms with E-state index < -0.39 is 0 Å². The molecule has 1 atom stereocenters. The molecule has 0 saturated heterocycles. The van der Waals surface area contributed by atoms with Crippen LogP contribution in [-0.4, -0.2) is 9.97 Å². The van der Waals surface area contributed by atoms with Crippen molar-refractivity contribution in [3.8, 4) is 11.3 Å². The van der Waals surface area contributed by atoms with Crippen molar-refractivity contribution in [2.24, 2.45) is 5.73 Å². The Morgan fingerprint density at radius 2 is 1.71 bits per heavy atom. The van der Waals surface area contributed by atoms with Gasteiger partial charge in [0.15, 0.2) is 0 Å². The first-order chi connectivity index (χ1) is 8.06. The summed E-state index contributed by atoms with van der Waals surface area (Å²) in [7, 11) is 0. The van der Waals surface area contributed by atoms with Gasteiger partial charge >= 0.3 is 0 Å². The second kappa shape index (κ2) is 4.63. The fourth-order valence-corrected chi connectivity index (χ4v) is 1.70. The maximum absolute atomic E-state index is 5.86. The monoisotopic (exact) mass is 227 g/mol. The van der Waals surface area contributed by atoms with Crippen LogP contribution >= 0.6 is 0 Å². The highest BCUT2D eigenvalue weighted by Crippen LogP contribution is 2.20. The molecule has 1 heterocycles. The van der Waals surface area contributed by atoms with Gasteiger partial charge in [-0.3, -0.25) is 0 Å². The molecular weight excluding hydrogens is 210 g/mol. The van der Waals surface area contributed by atoms with Crippen LogP contribution in [0.3, 0.4) is 0 Å². The van der Waals surface area contributed by atoms with Crippen LogP contribution in [0.15, 0.2) is 30.3 Å². The molecule has 1 aromatic heterocycles. The van der Waals surface area contributed by atoms with Crippen molar-refractivity contribution in [2.45, 2.75) is 26.8 Å². The highest BCUT2D eigenvalue weighted by molar-refractivity contribution is 5.59. The van der Waals surface area contributed by atoms with E-state index in [0.29, 0.717) is 0 Å². The van der Waals surface area contributed by atoms with E-state index in [2.05, 4.69) is 41.2 Å². The maximum Gasteiger partial charge on any atom is 0.126 e. The van der Waals surface area contributed by atoms with Gasteiger partial charge in [0, 0.05) is 11.6 Å². The average molecular weight is 227 g/mol. The molecule has 1 aromatic carbocycles. The van der Waals surface area contributed by atoms with E-state index in [1.807, 2.05) is 19.9 Å². The lowest BCUT2D eigenvalue weighted by atomic mass is 10.1. The smallest absolute Gasteiger partial charge is 0.126 e. The van der Waals surface area contributed by atoms with Crippen LogP contribution in [-0.2, 0) is 0 Å². The molecular formula is C14H17N3. The lowest BCUT2D eigenvalue weighted by Crippen LogP contribution is -2.09. The fraction of sp³-hybridized carbons (Fsp3) is 0.286. The predicted octanol–water partition coefficient (Wildman–Crippen LogP) is 2.78. The van der Waals surface area contributed by atoms with Gasteiger partial charge in [0.05, 0.1) is 11.4 Å². The summed E-state index contributed by atoms with van der Waals surface area (Å²) in [5, 5.41) is 0. The van der Waals surface area contributed by atoms with Crippen LogP contribution < -0.4 is 5.73 Å². The first-order valence-electron chi connectivity index (χ1n) is 5.74. The van der Waals surface area contributed by atoms with Gasteiger partial charge in [0.2, 0.25) is 0 Å². The van der Waals surface area contributed by atoms with E-state index in [-0.39, 0.29) is 6.04 Å². The molecule has 0 amide bonds. The summed E-state index contributed by atoms with van der Waals surface area (Å²) in [6.07, 6.45) is 0. The molecule has 0 aliphatic carbocycles. The van der Waals surface area contributed by atoms with Crippen molar-refractivity contribution in [3.63, 3.8) is 0 Å². The summed E-state index contributed by atoms with van der Waals surface area (Å²) < 4.78 is 0. The molecule has 3 nitrogen and oxygen atoms in total. The van der Waals surface area contributed by atoms with Crippen LogP contribution in [0.5, 0.6) is 0 Å². The Kier molecular flexibility index (Phi) is 3.20. The van der Waals surface area contributed by atoms with Gasteiger partial charge in [0.1, 0.15) is 5.82 Å². The van der Waals surface area contributed by atoms with Crippen LogP contribution in [0.4, 0.5) is 0 Å². The standard InChI is InChI=1S/C14H17N3/c1-9-4-6-12(7-5-9)14-8-13(10(2)15)16-11(3)17-14/h4-8,10H,15H2,1-3H3. The fourth-order valence-electron chi connectivity index (χ4n) is 1.70. The minimum atomic E-state index is -0.0686. The van der Waals surface area contributed by atoms with Gasteiger partial charge in [-0.1, -0.05) is 29.8 Å². The van der Waals surface area contributed by atoms with Crippen molar-refractivity contribution in [1.82, 2.24) is 9.97 Å². The number of nitrogens with zero attached hydrogens (tertiary/aromatic N) is 2. The minimum absolute atomic E-state index is 0.0686. The summed E-state index contributed by atoms with van der Waals surface area (Å²) in [6.45, 7) is 5.90. The van der Waals surface area contributed by atoms with Crippen LogP contribution in [0.25, 0.3) is 11.3 Å².